The van der Waals surface area contributed by atoms with Crippen LogP contribution in [-0.4, -0.2) is 66.4 Å². The van der Waals surface area contributed by atoms with E-state index in [4.69, 9.17) is 19.4 Å². The second kappa shape index (κ2) is 8.47. The topological polar surface area (TPSA) is 91.2 Å². The zero-order valence-electron chi connectivity index (χ0n) is 17.4. The van der Waals surface area contributed by atoms with Gasteiger partial charge in [0.2, 0.25) is 0 Å². The third-order valence-corrected chi connectivity index (χ3v) is 5.05. The first-order valence-electron chi connectivity index (χ1n) is 9.80. The smallest absolute Gasteiger partial charge is 0.488 e. The fourth-order valence-electron chi connectivity index (χ4n) is 3.62. The Morgan fingerprint density at radius 1 is 1.17 bits per heavy atom. The summed E-state index contributed by atoms with van der Waals surface area (Å²) in [5.41, 5.74) is 2.14. The SMILES string of the molecule is COc1ccc2c(N3CCOc4ccc(B(O)O)cc4C3)nc(CN(C)C)nc2c1. The number of nitrogens with zero attached hydrogens (tertiary/aromatic N) is 4. The number of ether oxygens (including phenoxy) is 2. The van der Waals surface area contributed by atoms with Gasteiger partial charge in [0.1, 0.15) is 29.7 Å². The molecule has 0 unspecified atom stereocenters. The van der Waals surface area contributed by atoms with Crippen molar-refractivity contribution in [2.45, 2.75) is 13.1 Å². The Labute approximate surface area is 175 Å². The van der Waals surface area contributed by atoms with Gasteiger partial charge in [-0.15, -0.1) is 0 Å². The second-order valence-electron chi connectivity index (χ2n) is 7.60. The molecular weight excluding hydrogens is 383 g/mol. The van der Waals surface area contributed by atoms with Crippen LogP contribution in [0.1, 0.15) is 11.4 Å². The average molecular weight is 408 g/mol. The summed E-state index contributed by atoms with van der Waals surface area (Å²) >= 11 is 0. The third kappa shape index (κ3) is 4.18. The van der Waals surface area contributed by atoms with Crippen molar-refractivity contribution in [2.75, 3.05) is 39.3 Å². The summed E-state index contributed by atoms with van der Waals surface area (Å²) in [4.78, 5) is 13.8. The maximum absolute atomic E-state index is 9.55. The van der Waals surface area contributed by atoms with Crippen molar-refractivity contribution in [1.82, 2.24) is 14.9 Å². The van der Waals surface area contributed by atoms with E-state index in [0.29, 0.717) is 31.7 Å². The lowest BCUT2D eigenvalue weighted by molar-refractivity contribution is 0.331. The highest BCUT2D eigenvalue weighted by atomic mass is 16.5. The van der Waals surface area contributed by atoms with E-state index in [2.05, 4.69) is 4.90 Å². The first-order chi connectivity index (χ1) is 14.4. The highest BCUT2D eigenvalue weighted by Crippen LogP contribution is 2.31. The molecule has 0 amide bonds. The Balaban J connectivity index is 1.79. The van der Waals surface area contributed by atoms with Crippen LogP contribution < -0.4 is 19.8 Å². The van der Waals surface area contributed by atoms with Crippen molar-refractivity contribution in [3.63, 3.8) is 0 Å². The van der Waals surface area contributed by atoms with Gasteiger partial charge in [-0.25, -0.2) is 9.97 Å². The van der Waals surface area contributed by atoms with E-state index >= 15 is 0 Å². The maximum atomic E-state index is 9.55. The van der Waals surface area contributed by atoms with Gasteiger partial charge in [0.15, 0.2) is 0 Å². The lowest BCUT2D eigenvalue weighted by Gasteiger charge is -2.24. The minimum absolute atomic E-state index is 0.435. The Hall–Kier alpha value is -2.88. The number of hydrogen-bond acceptors (Lipinski definition) is 8. The molecule has 1 aromatic heterocycles. The molecule has 8 nitrogen and oxygen atoms in total. The van der Waals surface area contributed by atoms with E-state index in [9.17, 15) is 10.0 Å². The molecule has 9 heteroatoms. The first-order valence-corrected chi connectivity index (χ1v) is 9.80. The minimum atomic E-state index is -1.52. The number of methoxy groups -OCH3 is 1. The van der Waals surface area contributed by atoms with Gasteiger partial charge >= 0.3 is 7.12 Å². The fourth-order valence-corrected chi connectivity index (χ4v) is 3.62. The van der Waals surface area contributed by atoms with Crippen molar-refractivity contribution >= 4 is 29.3 Å². The molecule has 2 N–H and O–H groups in total. The van der Waals surface area contributed by atoms with Crippen molar-refractivity contribution in [3.05, 3.63) is 47.8 Å². The van der Waals surface area contributed by atoms with E-state index in [1.54, 1.807) is 25.3 Å². The first kappa shape index (κ1) is 20.4. The van der Waals surface area contributed by atoms with Crippen LogP contribution in [0.5, 0.6) is 11.5 Å². The molecular formula is C21H25BN4O4. The Morgan fingerprint density at radius 3 is 2.73 bits per heavy atom. The van der Waals surface area contributed by atoms with E-state index in [-0.39, 0.29) is 0 Å². The quantitative estimate of drug-likeness (QED) is 0.599. The molecule has 0 fully saturated rings. The molecule has 0 bridgehead atoms. The summed E-state index contributed by atoms with van der Waals surface area (Å²) in [6, 6.07) is 11.0. The van der Waals surface area contributed by atoms with Gasteiger partial charge in [0, 0.05) is 23.6 Å². The molecule has 4 rings (SSSR count). The van der Waals surface area contributed by atoms with Crippen molar-refractivity contribution in [3.8, 4) is 11.5 Å². The van der Waals surface area contributed by atoms with Gasteiger partial charge in [0.25, 0.3) is 0 Å². The van der Waals surface area contributed by atoms with Gasteiger partial charge in [-0.05, 0) is 37.8 Å². The molecule has 1 aliphatic heterocycles. The Kier molecular flexibility index (Phi) is 5.76. The average Bonchev–Trinajstić information content (AvgIpc) is 2.93. The summed E-state index contributed by atoms with van der Waals surface area (Å²) in [6.07, 6.45) is 0. The van der Waals surface area contributed by atoms with Gasteiger partial charge < -0.3 is 29.3 Å². The molecule has 2 aromatic carbocycles. The Morgan fingerprint density at radius 2 is 2.00 bits per heavy atom. The summed E-state index contributed by atoms with van der Waals surface area (Å²) < 4.78 is 11.3. The Bertz CT molecular complexity index is 1060. The second-order valence-corrected chi connectivity index (χ2v) is 7.60. The highest BCUT2D eigenvalue weighted by Gasteiger charge is 2.22. The van der Waals surface area contributed by atoms with E-state index in [0.717, 1.165) is 39.6 Å². The van der Waals surface area contributed by atoms with Crippen LogP contribution in [0.25, 0.3) is 10.9 Å². The van der Waals surface area contributed by atoms with Gasteiger partial charge in [-0.2, -0.15) is 0 Å². The van der Waals surface area contributed by atoms with Crippen LogP contribution in [0.15, 0.2) is 36.4 Å². The third-order valence-electron chi connectivity index (χ3n) is 5.05. The molecule has 156 valence electrons. The molecule has 0 spiro atoms. The maximum Gasteiger partial charge on any atom is 0.488 e. The lowest BCUT2D eigenvalue weighted by Crippen LogP contribution is -2.31. The van der Waals surface area contributed by atoms with Crippen LogP contribution in [-0.2, 0) is 13.1 Å². The highest BCUT2D eigenvalue weighted by molar-refractivity contribution is 6.58. The number of anilines is 1. The van der Waals surface area contributed by atoms with Crippen LogP contribution in [0.4, 0.5) is 5.82 Å². The number of benzene rings is 2. The molecule has 3 aromatic rings. The number of hydrogen-bond donors (Lipinski definition) is 2. The standard InChI is InChI=1S/C21H25BN4O4/c1-25(2)13-20-23-18-11-16(29-3)5-6-17(18)21(24-20)26-8-9-30-19-7-4-15(22(27)28)10-14(19)12-26/h4-7,10-11,27-28H,8-9,12-13H2,1-3H3. The number of rotatable bonds is 5. The predicted molar refractivity (Wildman–Crippen MR) is 116 cm³/mol. The van der Waals surface area contributed by atoms with E-state index < -0.39 is 7.12 Å². The van der Waals surface area contributed by atoms with Crippen LogP contribution in [0, 0.1) is 0 Å². The molecule has 0 aliphatic carbocycles. The monoisotopic (exact) mass is 408 g/mol. The van der Waals surface area contributed by atoms with Crippen molar-refractivity contribution in [1.29, 1.82) is 0 Å². The van der Waals surface area contributed by atoms with Crippen molar-refractivity contribution in [2.24, 2.45) is 0 Å². The van der Waals surface area contributed by atoms with E-state index in [1.165, 1.54) is 0 Å². The molecule has 0 atom stereocenters. The molecule has 1 aliphatic rings. The van der Waals surface area contributed by atoms with Crippen LogP contribution >= 0.6 is 0 Å². The number of aromatic nitrogens is 2. The molecule has 30 heavy (non-hydrogen) atoms. The van der Waals surface area contributed by atoms with Gasteiger partial charge in [0.05, 0.1) is 25.7 Å². The van der Waals surface area contributed by atoms with Gasteiger partial charge in [-0.3, -0.25) is 0 Å². The zero-order chi connectivity index (χ0) is 21.3. The number of fused-ring (bicyclic) bond motifs is 2. The minimum Gasteiger partial charge on any atom is -0.497 e. The zero-order valence-corrected chi connectivity index (χ0v) is 17.4. The summed E-state index contributed by atoms with van der Waals surface area (Å²) in [5.74, 6) is 3.04. The molecule has 0 saturated carbocycles. The molecule has 2 heterocycles. The normalized spacial score (nSPS) is 13.7. The lowest BCUT2D eigenvalue weighted by atomic mass is 9.79. The molecule has 0 radical (unpaired) electrons. The van der Waals surface area contributed by atoms with Crippen molar-refractivity contribution < 1.29 is 19.5 Å². The largest absolute Gasteiger partial charge is 0.497 e. The van der Waals surface area contributed by atoms with Crippen LogP contribution in [0.3, 0.4) is 0 Å². The van der Waals surface area contributed by atoms with Gasteiger partial charge in [-0.1, -0.05) is 12.1 Å². The fraction of sp³-hybridized carbons (Fsp3) is 0.333. The van der Waals surface area contributed by atoms with E-state index in [1.807, 2.05) is 37.2 Å². The summed E-state index contributed by atoms with van der Waals surface area (Å²) in [5, 5.41) is 20.0. The van der Waals surface area contributed by atoms with Crippen LogP contribution in [0.2, 0.25) is 0 Å². The summed E-state index contributed by atoms with van der Waals surface area (Å²) in [7, 11) is 4.08. The molecule has 0 saturated heterocycles. The summed E-state index contributed by atoms with van der Waals surface area (Å²) in [6.45, 7) is 2.29. The predicted octanol–water partition coefficient (Wildman–Crippen LogP) is 0.779.